The molecule has 1 aromatic carbocycles. The first-order valence-electron chi connectivity index (χ1n) is 3.66. The van der Waals surface area contributed by atoms with Gasteiger partial charge in [-0.1, -0.05) is 41.7 Å². The lowest BCUT2D eigenvalue weighted by molar-refractivity contribution is 1.03. The van der Waals surface area contributed by atoms with Crippen LogP contribution in [-0.2, 0) is 0 Å². The molecule has 0 radical (unpaired) electrons. The Balaban J connectivity index is 2.41. The van der Waals surface area contributed by atoms with Crippen LogP contribution in [0.5, 0.6) is 0 Å². The summed E-state index contributed by atoms with van der Waals surface area (Å²) in [6, 6.07) is 9.73. The van der Waals surface area contributed by atoms with Crippen LogP contribution in [0.25, 0.3) is 10.6 Å². The highest BCUT2D eigenvalue weighted by Gasteiger charge is 2.03. The molecule has 2 rings (SSSR count). The summed E-state index contributed by atoms with van der Waals surface area (Å²) in [6.45, 7) is 0. The standard InChI is InChI=1S/C8H6N4S/c9-10-8-12-11-7(13-8)6-4-2-1-3-5-6/h1-5,9H. The van der Waals surface area contributed by atoms with Crippen LogP contribution in [0.3, 0.4) is 0 Å². The second-order valence-corrected chi connectivity index (χ2v) is 3.32. The Bertz CT molecular complexity index is 409. The van der Waals surface area contributed by atoms with Crippen molar-refractivity contribution < 1.29 is 0 Å². The monoisotopic (exact) mass is 190 g/mol. The molecule has 64 valence electrons. The molecule has 0 bridgehead atoms. The number of rotatable bonds is 2. The maximum Gasteiger partial charge on any atom is 0.251 e. The molecule has 0 atom stereocenters. The first kappa shape index (κ1) is 8.00. The summed E-state index contributed by atoms with van der Waals surface area (Å²) in [6.07, 6.45) is 0. The molecular weight excluding hydrogens is 184 g/mol. The minimum Gasteiger partial charge on any atom is -0.202 e. The van der Waals surface area contributed by atoms with Gasteiger partial charge < -0.3 is 0 Å². The maximum absolute atomic E-state index is 6.75. The maximum atomic E-state index is 6.75. The van der Waals surface area contributed by atoms with E-state index >= 15 is 0 Å². The van der Waals surface area contributed by atoms with Crippen molar-refractivity contribution in [3.8, 4) is 10.6 Å². The van der Waals surface area contributed by atoms with Gasteiger partial charge in [-0.15, -0.1) is 15.3 Å². The molecule has 0 aliphatic heterocycles. The van der Waals surface area contributed by atoms with Crippen molar-refractivity contribution in [2.24, 2.45) is 5.11 Å². The average Bonchev–Trinajstić information content (AvgIpc) is 2.67. The summed E-state index contributed by atoms with van der Waals surface area (Å²) >= 11 is 1.31. The lowest BCUT2D eigenvalue weighted by Crippen LogP contribution is -1.74. The van der Waals surface area contributed by atoms with Gasteiger partial charge in [-0.05, 0) is 0 Å². The van der Waals surface area contributed by atoms with E-state index in [0.29, 0.717) is 5.13 Å². The molecule has 0 saturated heterocycles. The molecule has 1 N–H and O–H groups in total. The van der Waals surface area contributed by atoms with Gasteiger partial charge in [0, 0.05) is 5.56 Å². The molecule has 2 aromatic rings. The van der Waals surface area contributed by atoms with E-state index in [1.54, 1.807) is 0 Å². The van der Waals surface area contributed by atoms with Crippen LogP contribution >= 0.6 is 11.3 Å². The number of nitrogens with one attached hydrogen (secondary N) is 1. The highest BCUT2D eigenvalue weighted by atomic mass is 32.1. The van der Waals surface area contributed by atoms with Gasteiger partial charge in [0.1, 0.15) is 5.01 Å². The zero-order valence-corrected chi connectivity index (χ0v) is 7.45. The predicted octanol–water partition coefficient (Wildman–Crippen LogP) is 2.87. The molecule has 5 heteroatoms. The minimum atomic E-state index is 0.388. The zero-order chi connectivity index (χ0) is 9.10. The van der Waals surface area contributed by atoms with Crippen molar-refractivity contribution in [1.82, 2.24) is 10.2 Å². The van der Waals surface area contributed by atoms with E-state index in [4.69, 9.17) is 5.53 Å². The van der Waals surface area contributed by atoms with E-state index in [1.165, 1.54) is 11.3 Å². The molecule has 4 nitrogen and oxygen atoms in total. The summed E-state index contributed by atoms with van der Waals surface area (Å²) in [5.74, 6) is 0. The van der Waals surface area contributed by atoms with E-state index in [-0.39, 0.29) is 0 Å². The predicted molar refractivity (Wildman–Crippen MR) is 50.2 cm³/mol. The molecule has 13 heavy (non-hydrogen) atoms. The van der Waals surface area contributed by atoms with Gasteiger partial charge in [0.2, 0.25) is 0 Å². The number of hydrogen-bond donors (Lipinski definition) is 1. The Morgan fingerprint density at radius 2 is 1.92 bits per heavy atom. The second-order valence-electron chi connectivity index (χ2n) is 2.37. The SMILES string of the molecule is N=Nc1nnc(-c2ccccc2)s1. The van der Waals surface area contributed by atoms with E-state index < -0.39 is 0 Å². The fourth-order valence-corrected chi connectivity index (χ4v) is 1.59. The number of aromatic nitrogens is 2. The van der Waals surface area contributed by atoms with E-state index in [9.17, 15) is 0 Å². The van der Waals surface area contributed by atoms with Crippen LogP contribution in [0.15, 0.2) is 35.4 Å². The van der Waals surface area contributed by atoms with Crippen LogP contribution < -0.4 is 0 Å². The van der Waals surface area contributed by atoms with Crippen molar-refractivity contribution in [1.29, 1.82) is 5.53 Å². The highest BCUT2D eigenvalue weighted by Crippen LogP contribution is 2.27. The molecule has 0 saturated carbocycles. The quantitative estimate of drug-likeness (QED) is 0.740. The van der Waals surface area contributed by atoms with Gasteiger partial charge in [-0.2, -0.15) is 0 Å². The number of benzene rings is 1. The normalized spacial score (nSPS) is 9.85. The molecule has 1 heterocycles. The molecule has 0 spiro atoms. The Morgan fingerprint density at radius 1 is 1.15 bits per heavy atom. The Labute approximate surface area is 78.8 Å². The molecule has 1 aromatic heterocycles. The van der Waals surface area contributed by atoms with Gasteiger partial charge in [0.25, 0.3) is 5.13 Å². The van der Waals surface area contributed by atoms with Crippen LogP contribution in [0.2, 0.25) is 0 Å². The third-order valence-corrected chi connectivity index (χ3v) is 2.40. The molecule has 0 unspecified atom stereocenters. The molecular formula is C8H6N4S. The van der Waals surface area contributed by atoms with Gasteiger partial charge in [-0.25, -0.2) is 5.53 Å². The van der Waals surface area contributed by atoms with Crippen molar-refractivity contribution in [2.75, 3.05) is 0 Å². The van der Waals surface area contributed by atoms with Crippen LogP contribution in [0.1, 0.15) is 0 Å². The van der Waals surface area contributed by atoms with Gasteiger partial charge in [-0.3, -0.25) is 0 Å². The minimum absolute atomic E-state index is 0.388. The lowest BCUT2D eigenvalue weighted by Gasteiger charge is -1.90. The number of hydrogen-bond acceptors (Lipinski definition) is 5. The fraction of sp³-hybridized carbons (Fsp3) is 0. The van der Waals surface area contributed by atoms with Crippen LogP contribution in [0.4, 0.5) is 5.13 Å². The molecule has 0 aliphatic carbocycles. The summed E-state index contributed by atoms with van der Waals surface area (Å²) in [5.41, 5.74) is 7.76. The number of nitrogens with zero attached hydrogens (tertiary/aromatic N) is 3. The van der Waals surface area contributed by atoms with Crippen molar-refractivity contribution in [3.63, 3.8) is 0 Å². The summed E-state index contributed by atoms with van der Waals surface area (Å²) < 4.78 is 0. The van der Waals surface area contributed by atoms with Gasteiger partial charge >= 0.3 is 0 Å². The highest BCUT2D eigenvalue weighted by molar-refractivity contribution is 7.18. The van der Waals surface area contributed by atoms with Crippen molar-refractivity contribution in [2.45, 2.75) is 0 Å². The Kier molecular flexibility index (Phi) is 2.09. The third-order valence-electron chi connectivity index (χ3n) is 1.53. The van der Waals surface area contributed by atoms with Crippen LogP contribution in [0, 0.1) is 5.53 Å². The smallest absolute Gasteiger partial charge is 0.202 e. The molecule has 0 fully saturated rings. The van der Waals surface area contributed by atoms with Crippen molar-refractivity contribution >= 4 is 16.5 Å². The van der Waals surface area contributed by atoms with Crippen LogP contribution in [-0.4, -0.2) is 10.2 Å². The zero-order valence-electron chi connectivity index (χ0n) is 6.64. The first-order chi connectivity index (χ1) is 6.40. The topological polar surface area (TPSA) is 62.0 Å². The molecule has 0 aliphatic rings. The fourth-order valence-electron chi connectivity index (χ4n) is 0.958. The van der Waals surface area contributed by atoms with Gasteiger partial charge in [0.05, 0.1) is 0 Å². The average molecular weight is 190 g/mol. The Morgan fingerprint density at radius 3 is 2.54 bits per heavy atom. The van der Waals surface area contributed by atoms with E-state index in [0.717, 1.165) is 10.6 Å². The first-order valence-corrected chi connectivity index (χ1v) is 4.48. The summed E-state index contributed by atoms with van der Waals surface area (Å²) in [4.78, 5) is 0. The largest absolute Gasteiger partial charge is 0.251 e. The summed E-state index contributed by atoms with van der Waals surface area (Å²) in [5, 5.41) is 12.0. The third kappa shape index (κ3) is 1.59. The Hall–Kier alpha value is -1.62. The molecule has 0 amide bonds. The van der Waals surface area contributed by atoms with E-state index in [2.05, 4.69) is 15.3 Å². The van der Waals surface area contributed by atoms with Crippen molar-refractivity contribution in [3.05, 3.63) is 30.3 Å². The van der Waals surface area contributed by atoms with Gasteiger partial charge in [0.15, 0.2) is 0 Å². The lowest BCUT2D eigenvalue weighted by atomic mass is 10.2. The van der Waals surface area contributed by atoms with E-state index in [1.807, 2.05) is 30.3 Å². The summed E-state index contributed by atoms with van der Waals surface area (Å²) in [7, 11) is 0. The second kappa shape index (κ2) is 3.40.